The fourth-order valence-electron chi connectivity index (χ4n) is 3.03. The number of carboxylic acids is 1. The molecule has 0 aromatic carbocycles. The van der Waals surface area contributed by atoms with Crippen molar-refractivity contribution in [1.29, 1.82) is 0 Å². The Hall–Kier alpha value is -1.30. The van der Waals surface area contributed by atoms with Crippen LogP contribution in [0.5, 0.6) is 0 Å². The summed E-state index contributed by atoms with van der Waals surface area (Å²) in [5, 5.41) is 11.8. The lowest BCUT2D eigenvalue weighted by Gasteiger charge is -2.35. The van der Waals surface area contributed by atoms with E-state index < -0.39 is 5.97 Å². The first-order valence-electron chi connectivity index (χ1n) is 7.54. The van der Waals surface area contributed by atoms with Crippen molar-refractivity contribution in [3.05, 3.63) is 0 Å². The maximum Gasteiger partial charge on any atom is 0.317 e. The van der Waals surface area contributed by atoms with E-state index in [1.165, 1.54) is 6.42 Å². The van der Waals surface area contributed by atoms with Crippen molar-refractivity contribution in [1.82, 2.24) is 15.1 Å². The number of amides is 2. The maximum absolute atomic E-state index is 12.1. The molecule has 20 heavy (non-hydrogen) atoms. The van der Waals surface area contributed by atoms with Crippen LogP contribution in [0, 0.1) is 5.92 Å². The van der Waals surface area contributed by atoms with Crippen LogP contribution in [0.1, 0.15) is 32.6 Å². The third-order valence-electron chi connectivity index (χ3n) is 4.32. The number of piperazine rings is 1. The Morgan fingerprint density at radius 3 is 2.45 bits per heavy atom. The quantitative estimate of drug-likeness (QED) is 0.806. The highest BCUT2D eigenvalue weighted by Crippen LogP contribution is 2.24. The first-order chi connectivity index (χ1) is 9.54. The van der Waals surface area contributed by atoms with Crippen molar-refractivity contribution < 1.29 is 14.7 Å². The van der Waals surface area contributed by atoms with Gasteiger partial charge in [-0.2, -0.15) is 0 Å². The predicted molar refractivity (Wildman–Crippen MR) is 75.6 cm³/mol. The Morgan fingerprint density at radius 1 is 1.20 bits per heavy atom. The molecular formula is C14H25N3O3. The average Bonchev–Trinajstić information content (AvgIpc) is 2.82. The monoisotopic (exact) mass is 283 g/mol. The van der Waals surface area contributed by atoms with E-state index in [1.807, 2.05) is 4.90 Å². The number of nitrogens with one attached hydrogen (secondary N) is 1. The molecule has 1 saturated carbocycles. The third-order valence-corrected chi connectivity index (χ3v) is 4.32. The van der Waals surface area contributed by atoms with Crippen LogP contribution in [0.25, 0.3) is 0 Å². The number of carbonyl (C=O) groups is 2. The van der Waals surface area contributed by atoms with Crippen LogP contribution in [-0.2, 0) is 4.79 Å². The van der Waals surface area contributed by atoms with E-state index in [9.17, 15) is 9.59 Å². The lowest BCUT2D eigenvalue weighted by Crippen LogP contribution is -2.53. The molecule has 2 atom stereocenters. The molecule has 1 aliphatic heterocycles. The van der Waals surface area contributed by atoms with Gasteiger partial charge in [0.05, 0.1) is 6.42 Å². The Morgan fingerprint density at radius 2 is 1.90 bits per heavy atom. The van der Waals surface area contributed by atoms with Gasteiger partial charge in [0, 0.05) is 38.8 Å². The van der Waals surface area contributed by atoms with E-state index in [0.717, 1.165) is 25.9 Å². The molecule has 6 nitrogen and oxygen atoms in total. The number of hydrogen-bond donors (Lipinski definition) is 2. The van der Waals surface area contributed by atoms with Crippen molar-refractivity contribution in [3.8, 4) is 0 Å². The minimum absolute atomic E-state index is 0.0435. The number of carboxylic acid groups (broad SMARTS) is 1. The van der Waals surface area contributed by atoms with Crippen LogP contribution in [0.3, 0.4) is 0 Å². The Kier molecular flexibility index (Phi) is 5.23. The largest absolute Gasteiger partial charge is 0.481 e. The second-order valence-corrected chi connectivity index (χ2v) is 6.04. The number of urea groups is 1. The van der Waals surface area contributed by atoms with Crippen LogP contribution in [0.2, 0.25) is 0 Å². The highest BCUT2D eigenvalue weighted by atomic mass is 16.4. The summed E-state index contributed by atoms with van der Waals surface area (Å²) in [4.78, 5) is 26.6. The molecule has 0 aromatic rings. The molecule has 1 saturated heterocycles. The van der Waals surface area contributed by atoms with Crippen LogP contribution in [0.4, 0.5) is 4.79 Å². The fraction of sp³-hybridized carbons (Fsp3) is 0.857. The van der Waals surface area contributed by atoms with Gasteiger partial charge in [-0.1, -0.05) is 6.92 Å². The van der Waals surface area contributed by atoms with Crippen LogP contribution >= 0.6 is 0 Å². The minimum Gasteiger partial charge on any atom is -0.481 e. The van der Waals surface area contributed by atoms with E-state index in [1.54, 1.807) is 0 Å². The molecule has 0 bridgehead atoms. The molecule has 1 heterocycles. The maximum atomic E-state index is 12.1. The summed E-state index contributed by atoms with van der Waals surface area (Å²) in [6.45, 7) is 5.71. The zero-order valence-corrected chi connectivity index (χ0v) is 12.2. The molecule has 0 aromatic heterocycles. The van der Waals surface area contributed by atoms with E-state index in [4.69, 9.17) is 5.11 Å². The number of carbonyl (C=O) groups excluding carboxylic acids is 1. The van der Waals surface area contributed by atoms with Gasteiger partial charge in [0.2, 0.25) is 0 Å². The number of aliphatic carboxylic acids is 1. The second-order valence-electron chi connectivity index (χ2n) is 6.04. The summed E-state index contributed by atoms with van der Waals surface area (Å²) < 4.78 is 0. The molecule has 0 spiro atoms. The van der Waals surface area contributed by atoms with Crippen molar-refractivity contribution in [2.75, 3.05) is 32.7 Å². The Labute approximate surface area is 120 Å². The molecule has 2 N–H and O–H groups in total. The van der Waals surface area contributed by atoms with Gasteiger partial charge in [0.15, 0.2) is 0 Å². The summed E-state index contributed by atoms with van der Waals surface area (Å²) in [7, 11) is 0. The summed E-state index contributed by atoms with van der Waals surface area (Å²) >= 11 is 0. The highest BCUT2D eigenvalue weighted by molar-refractivity contribution is 5.74. The van der Waals surface area contributed by atoms with Gasteiger partial charge in [-0.05, 0) is 25.2 Å². The van der Waals surface area contributed by atoms with Crippen molar-refractivity contribution >= 4 is 12.0 Å². The average molecular weight is 283 g/mol. The lowest BCUT2D eigenvalue weighted by atomic mass is 10.1. The second kappa shape index (κ2) is 6.92. The van der Waals surface area contributed by atoms with Crippen molar-refractivity contribution in [2.45, 2.75) is 38.6 Å². The SMILES string of the molecule is CC1CCC(NC(=O)N2CCN(CCC(=O)O)CC2)C1. The third kappa shape index (κ3) is 4.37. The molecular weight excluding hydrogens is 258 g/mol. The highest BCUT2D eigenvalue weighted by Gasteiger charge is 2.26. The Bertz CT molecular complexity index is 354. The van der Waals surface area contributed by atoms with Crippen LogP contribution < -0.4 is 5.32 Å². The van der Waals surface area contributed by atoms with Gasteiger partial charge in [-0.15, -0.1) is 0 Å². The summed E-state index contributed by atoms with van der Waals surface area (Å²) in [5.41, 5.74) is 0. The standard InChI is InChI=1S/C14H25N3O3/c1-11-2-3-12(10-11)15-14(20)17-8-6-16(7-9-17)5-4-13(18)19/h11-12H,2-10H2,1H3,(H,15,20)(H,18,19). The van der Waals surface area contributed by atoms with Gasteiger partial charge in [0.1, 0.15) is 0 Å². The molecule has 2 aliphatic rings. The van der Waals surface area contributed by atoms with Gasteiger partial charge in [0.25, 0.3) is 0 Å². The van der Waals surface area contributed by atoms with Gasteiger partial charge >= 0.3 is 12.0 Å². The molecule has 114 valence electrons. The van der Waals surface area contributed by atoms with Crippen LogP contribution in [0.15, 0.2) is 0 Å². The first-order valence-corrected chi connectivity index (χ1v) is 7.54. The van der Waals surface area contributed by atoms with Gasteiger partial charge in [-0.3, -0.25) is 9.69 Å². The molecule has 1 aliphatic carbocycles. The topological polar surface area (TPSA) is 72.9 Å². The molecule has 6 heteroatoms. The lowest BCUT2D eigenvalue weighted by molar-refractivity contribution is -0.137. The first kappa shape index (κ1) is 15.1. The zero-order chi connectivity index (χ0) is 14.5. The predicted octanol–water partition coefficient (Wildman–Crippen LogP) is 0.977. The van der Waals surface area contributed by atoms with E-state index in [0.29, 0.717) is 31.6 Å². The van der Waals surface area contributed by atoms with Crippen LogP contribution in [-0.4, -0.2) is 65.7 Å². The summed E-state index contributed by atoms with van der Waals surface area (Å²) in [6, 6.07) is 0.379. The van der Waals surface area contributed by atoms with E-state index >= 15 is 0 Å². The minimum atomic E-state index is -0.763. The molecule has 0 radical (unpaired) electrons. The number of rotatable bonds is 4. The van der Waals surface area contributed by atoms with E-state index in [-0.39, 0.29) is 12.5 Å². The molecule has 2 fully saturated rings. The van der Waals surface area contributed by atoms with Crippen molar-refractivity contribution in [2.24, 2.45) is 5.92 Å². The molecule has 2 amide bonds. The Balaban J connectivity index is 1.67. The summed E-state index contributed by atoms with van der Waals surface area (Å²) in [6.07, 6.45) is 3.55. The molecule has 2 unspecified atom stereocenters. The van der Waals surface area contributed by atoms with Crippen molar-refractivity contribution in [3.63, 3.8) is 0 Å². The fourth-order valence-corrected chi connectivity index (χ4v) is 3.03. The number of hydrogen-bond acceptors (Lipinski definition) is 3. The smallest absolute Gasteiger partial charge is 0.317 e. The summed E-state index contributed by atoms with van der Waals surface area (Å²) in [5.74, 6) is -0.0475. The zero-order valence-electron chi connectivity index (χ0n) is 12.2. The van der Waals surface area contributed by atoms with Gasteiger partial charge < -0.3 is 15.3 Å². The normalized spacial score (nSPS) is 27.6. The van der Waals surface area contributed by atoms with E-state index in [2.05, 4.69) is 17.1 Å². The number of nitrogens with zero attached hydrogens (tertiary/aromatic N) is 2. The molecule has 2 rings (SSSR count). The van der Waals surface area contributed by atoms with Gasteiger partial charge in [-0.25, -0.2) is 4.79 Å².